The number of aliphatic hydroxyl groups excluding tert-OH is 1. The fourth-order valence-electron chi connectivity index (χ4n) is 4.05. The Morgan fingerprint density at radius 3 is 2.64 bits per heavy atom. The highest BCUT2D eigenvalue weighted by atomic mass is 16.5. The van der Waals surface area contributed by atoms with E-state index in [-0.39, 0.29) is 11.3 Å². The zero-order chi connectivity index (χ0) is 23.2. The van der Waals surface area contributed by atoms with Gasteiger partial charge < -0.3 is 19.3 Å². The van der Waals surface area contributed by atoms with Gasteiger partial charge in [-0.2, -0.15) is 0 Å². The summed E-state index contributed by atoms with van der Waals surface area (Å²) in [5, 5.41) is 11.1. The predicted molar refractivity (Wildman–Crippen MR) is 125 cm³/mol. The van der Waals surface area contributed by atoms with Crippen LogP contribution in [0.2, 0.25) is 0 Å². The van der Waals surface area contributed by atoms with Crippen LogP contribution in [0, 0.1) is 0 Å². The van der Waals surface area contributed by atoms with Gasteiger partial charge in [-0.25, -0.2) is 4.98 Å². The maximum Gasteiger partial charge on any atom is 0.295 e. The van der Waals surface area contributed by atoms with Crippen LogP contribution in [-0.4, -0.2) is 44.4 Å². The first-order valence-electron chi connectivity index (χ1n) is 11.1. The Balaban J connectivity index is 1.72. The van der Waals surface area contributed by atoms with Crippen molar-refractivity contribution >= 4 is 17.4 Å². The quantitative estimate of drug-likeness (QED) is 0.303. The van der Waals surface area contributed by atoms with Crippen molar-refractivity contribution in [2.45, 2.75) is 32.4 Å². The van der Waals surface area contributed by atoms with Crippen molar-refractivity contribution in [3.05, 3.63) is 90.0 Å². The Hall–Kier alpha value is -3.87. The van der Waals surface area contributed by atoms with Crippen molar-refractivity contribution in [2.24, 2.45) is 0 Å². The first-order chi connectivity index (χ1) is 16.1. The van der Waals surface area contributed by atoms with Crippen LogP contribution in [0.25, 0.3) is 5.76 Å². The Labute approximate surface area is 192 Å². The molecule has 1 aliphatic heterocycles. The molecule has 2 aromatic carbocycles. The van der Waals surface area contributed by atoms with E-state index in [1.807, 2.05) is 48.0 Å². The van der Waals surface area contributed by atoms with Gasteiger partial charge in [0.15, 0.2) is 0 Å². The summed E-state index contributed by atoms with van der Waals surface area (Å²) in [5.41, 5.74) is 1.32. The second-order valence-corrected chi connectivity index (χ2v) is 7.93. The Morgan fingerprint density at radius 1 is 1.09 bits per heavy atom. The fourth-order valence-corrected chi connectivity index (χ4v) is 4.05. The lowest BCUT2D eigenvalue weighted by molar-refractivity contribution is -0.139. The molecule has 1 N–H and O–H groups in total. The van der Waals surface area contributed by atoms with Crippen molar-refractivity contribution < 1.29 is 19.4 Å². The molecule has 1 aromatic heterocycles. The summed E-state index contributed by atoms with van der Waals surface area (Å²) >= 11 is 0. The molecule has 1 atom stereocenters. The number of Topliss-reactive ketones (excluding diaryl/α,β-unsaturated/α-hetero) is 1. The van der Waals surface area contributed by atoms with Crippen LogP contribution in [0.5, 0.6) is 5.75 Å². The minimum absolute atomic E-state index is 0.0986. The summed E-state index contributed by atoms with van der Waals surface area (Å²) in [4.78, 5) is 31.8. The molecule has 3 aromatic rings. The number of rotatable bonds is 9. The third kappa shape index (κ3) is 4.82. The molecule has 1 fully saturated rings. The molecule has 1 saturated heterocycles. The lowest BCUT2D eigenvalue weighted by Gasteiger charge is -2.25. The summed E-state index contributed by atoms with van der Waals surface area (Å²) in [7, 11) is 0. The van der Waals surface area contributed by atoms with Gasteiger partial charge in [-0.3, -0.25) is 9.59 Å². The Kier molecular flexibility index (Phi) is 6.88. The van der Waals surface area contributed by atoms with Gasteiger partial charge in [0.2, 0.25) is 0 Å². The van der Waals surface area contributed by atoms with Crippen molar-refractivity contribution in [3.63, 3.8) is 0 Å². The van der Waals surface area contributed by atoms with Crippen molar-refractivity contribution in [2.75, 3.05) is 13.2 Å². The molecule has 0 aliphatic carbocycles. The van der Waals surface area contributed by atoms with Crippen LogP contribution in [0.15, 0.2) is 78.9 Å². The minimum Gasteiger partial charge on any atom is -0.507 e. The van der Waals surface area contributed by atoms with E-state index in [0.717, 1.165) is 12.0 Å². The number of aliphatic hydroxyl groups is 1. The minimum atomic E-state index is -0.696. The number of nitrogens with zero attached hydrogens (tertiary/aromatic N) is 3. The lowest BCUT2D eigenvalue weighted by atomic mass is 9.95. The Bertz CT molecular complexity index is 1140. The third-order valence-electron chi connectivity index (χ3n) is 5.61. The molecule has 0 saturated carbocycles. The molecule has 0 bridgehead atoms. The van der Waals surface area contributed by atoms with Crippen LogP contribution in [0.4, 0.5) is 0 Å². The summed E-state index contributed by atoms with van der Waals surface area (Å²) in [6.45, 7) is 3.62. The summed E-state index contributed by atoms with van der Waals surface area (Å²) in [5.74, 6) is -0.791. The van der Waals surface area contributed by atoms with Gasteiger partial charge in [0, 0.05) is 31.0 Å². The second kappa shape index (κ2) is 10.2. The highest BCUT2D eigenvalue weighted by Gasteiger charge is 2.45. The zero-order valence-electron chi connectivity index (χ0n) is 18.6. The van der Waals surface area contributed by atoms with Gasteiger partial charge in [0.05, 0.1) is 24.5 Å². The summed E-state index contributed by atoms with van der Waals surface area (Å²) in [6, 6.07) is 15.5. The topological polar surface area (TPSA) is 84.7 Å². The van der Waals surface area contributed by atoms with Crippen LogP contribution in [0.3, 0.4) is 0 Å². The van der Waals surface area contributed by atoms with E-state index in [2.05, 4.69) is 4.98 Å². The van der Waals surface area contributed by atoms with Crippen LogP contribution >= 0.6 is 0 Å². The first kappa shape index (κ1) is 22.3. The standard InChI is InChI=1S/C26H27N3O4/c1-2-16-33-21-11-6-10-20(17-21)23-22(24(30)19-8-4-3-5-9-19)25(31)26(32)29(23)14-7-13-28-15-12-27-18-28/h3-6,8-12,15,17-18,23,30H,2,7,13-14,16H2,1H3/t23-/m0/s1. The molecule has 7 heteroatoms. The third-order valence-corrected chi connectivity index (χ3v) is 5.61. The molecule has 1 amide bonds. The van der Waals surface area contributed by atoms with E-state index in [0.29, 0.717) is 37.4 Å². The molecule has 0 spiro atoms. The number of hydrogen-bond acceptors (Lipinski definition) is 5. The molecule has 0 unspecified atom stereocenters. The number of benzene rings is 2. The largest absolute Gasteiger partial charge is 0.507 e. The number of hydrogen-bond donors (Lipinski definition) is 1. The van der Waals surface area contributed by atoms with Gasteiger partial charge in [-0.05, 0) is 30.5 Å². The van der Waals surface area contributed by atoms with E-state index < -0.39 is 17.7 Å². The molecule has 2 heterocycles. The fraction of sp³-hybridized carbons (Fsp3) is 0.269. The number of carbonyl (C=O) groups is 2. The number of aromatic nitrogens is 2. The molecule has 33 heavy (non-hydrogen) atoms. The molecule has 0 radical (unpaired) electrons. The lowest BCUT2D eigenvalue weighted by Crippen LogP contribution is -2.31. The maximum absolute atomic E-state index is 13.1. The van der Waals surface area contributed by atoms with Crippen molar-refractivity contribution in [1.29, 1.82) is 0 Å². The number of ether oxygens (including phenoxy) is 1. The highest BCUT2D eigenvalue weighted by molar-refractivity contribution is 6.46. The molecule has 1 aliphatic rings. The van der Waals surface area contributed by atoms with Gasteiger partial charge in [-0.1, -0.05) is 49.4 Å². The molecule has 4 rings (SSSR count). The highest BCUT2D eigenvalue weighted by Crippen LogP contribution is 2.40. The van der Waals surface area contributed by atoms with E-state index in [4.69, 9.17) is 4.74 Å². The number of amides is 1. The van der Waals surface area contributed by atoms with E-state index >= 15 is 0 Å². The molecular formula is C26H27N3O4. The van der Waals surface area contributed by atoms with Crippen LogP contribution < -0.4 is 4.74 Å². The maximum atomic E-state index is 13.1. The summed E-state index contributed by atoms with van der Waals surface area (Å²) < 4.78 is 7.70. The van der Waals surface area contributed by atoms with Crippen molar-refractivity contribution in [1.82, 2.24) is 14.5 Å². The predicted octanol–water partition coefficient (Wildman–Crippen LogP) is 4.18. The zero-order valence-corrected chi connectivity index (χ0v) is 18.6. The number of imidazole rings is 1. The first-order valence-corrected chi connectivity index (χ1v) is 11.1. The number of carbonyl (C=O) groups excluding carboxylic acids is 2. The van der Waals surface area contributed by atoms with Crippen LogP contribution in [-0.2, 0) is 16.1 Å². The normalized spacial score (nSPS) is 17.5. The van der Waals surface area contributed by atoms with E-state index in [1.165, 1.54) is 0 Å². The Morgan fingerprint density at radius 2 is 1.91 bits per heavy atom. The second-order valence-electron chi connectivity index (χ2n) is 7.93. The average molecular weight is 446 g/mol. The van der Waals surface area contributed by atoms with E-state index in [1.54, 1.807) is 41.7 Å². The smallest absolute Gasteiger partial charge is 0.295 e. The van der Waals surface area contributed by atoms with Gasteiger partial charge in [0.1, 0.15) is 11.5 Å². The number of likely N-dealkylation sites (tertiary alicyclic amines) is 1. The van der Waals surface area contributed by atoms with Gasteiger partial charge >= 0.3 is 0 Å². The molecule has 170 valence electrons. The van der Waals surface area contributed by atoms with E-state index in [9.17, 15) is 14.7 Å². The summed E-state index contributed by atoms with van der Waals surface area (Å²) in [6.07, 6.45) is 6.78. The van der Waals surface area contributed by atoms with Gasteiger partial charge in [-0.15, -0.1) is 0 Å². The number of ketones is 1. The molecular weight excluding hydrogens is 418 g/mol. The van der Waals surface area contributed by atoms with Gasteiger partial charge in [0.25, 0.3) is 11.7 Å². The molecule has 7 nitrogen and oxygen atoms in total. The monoisotopic (exact) mass is 445 g/mol. The number of aryl methyl sites for hydroxylation is 1. The average Bonchev–Trinajstić information content (AvgIpc) is 3.45. The van der Waals surface area contributed by atoms with Crippen molar-refractivity contribution in [3.8, 4) is 5.75 Å². The SMILES string of the molecule is CCCOc1cccc([C@H]2C(=C(O)c3ccccc3)C(=O)C(=O)N2CCCn2ccnc2)c1. The van der Waals surface area contributed by atoms with Crippen LogP contribution in [0.1, 0.15) is 36.9 Å².